The fourth-order valence-electron chi connectivity index (χ4n) is 2.49. The Balaban J connectivity index is 1.80. The van der Waals surface area contributed by atoms with E-state index in [4.69, 9.17) is 5.73 Å². The van der Waals surface area contributed by atoms with E-state index >= 15 is 0 Å². The van der Waals surface area contributed by atoms with Gasteiger partial charge in [0.25, 0.3) is 0 Å². The minimum atomic E-state index is -0.331. The molecular formula is C20H20N6O. The number of aryl methyl sites for hydroxylation is 1. The fraction of sp³-hybridized carbons (Fsp3) is 0.100. The molecule has 1 aromatic heterocycles. The van der Waals surface area contributed by atoms with Crippen molar-refractivity contribution < 1.29 is 4.79 Å². The molecule has 136 valence electrons. The van der Waals surface area contributed by atoms with Crippen molar-refractivity contribution >= 4 is 40.2 Å². The van der Waals surface area contributed by atoms with Crippen LogP contribution in [0.1, 0.15) is 11.3 Å². The Kier molecular flexibility index (Phi) is 5.41. The number of anilines is 2. The maximum absolute atomic E-state index is 12.2. The van der Waals surface area contributed by atoms with Gasteiger partial charge in [-0.15, -0.1) is 0 Å². The van der Waals surface area contributed by atoms with E-state index in [1.807, 2.05) is 31.2 Å². The number of hydrogen-bond acceptors (Lipinski definition) is 5. The summed E-state index contributed by atoms with van der Waals surface area (Å²) in [6.07, 6.45) is 4.69. The lowest BCUT2D eigenvalue weighted by molar-refractivity contribution is 0.262. The SMILES string of the molecule is CN=CC(=CN)c1cnc2ccc(NC(=O)Nc3ccc(C)cc3)cc2n1. The van der Waals surface area contributed by atoms with Crippen molar-refractivity contribution in [3.8, 4) is 0 Å². The minimum absolute atomic E-state index is 0.331. The van der Waals surface area contributed by atoms with Gasteiger partial charge in [-0.05, 0) is 37.3 Å². The van der Waals surface area contributed by atoms with Crippen LogP contribution in [0.25, 0.3) is 16.6 Å². The normalized spacial score (nSPS) is 11.7. The van der Waals surface area contributed by atoms with Crippen molar-refractivity contribution in [2.75, 3.05) is 17.7 Å². The molecule has 0 fully saturated rings. The van der Waals surface area contributed by atoms with Crippen LogP contribution in [0.15, 0.2) is 59.9 Å². The van der Waals surface area contributed by atoms with E-state index in [0.717, 1.165) is 11.3 Å². The largest absolute Gasteiger partial charge is 0.404 e. The average Bonchev–Trinajstić information content (AvgIpc) is 2.67. The number of fused-ring (bicyclic) bond motifs is 1. The number of nitrogens with two attached hydrogens (primary N) is 1. The highest BCUT2D eigenvalue weighted by atomic mass is 16.2. The zero-order valence-corrected chi connectivity index (χ0v) is 15.1. The molecule has 0 bridgehead atoms. The summed E-state index contributed by atoms with van der Waals surface area (Å²) < 4.78 is 0. The van der Waals surface area contributed by atoms with Crippen molar-refractivity contribution in [1.29, 1.82) is 0 Å². The van der Waals surface area contributed by atoms with E-state index in [2.05, 4.69) is 25.6 Å². The number of nitrogens with zero attached hydrogens (tertiary/aromatic N) is 3. The zero-order chi connectivity index (χ0) is 19.2. The molecule has 0 aliphatic rings. The number of amides is 2. The number of aliphatic imine (C=N–C) groups is 1. The number of urea groups is 1. The molecule has 0 radical (unpaired) electrons. The van der Waals surface area contributed by atoms with E-state index in [9.17, 15) is 4.79 Å². The summed E-state index contributed by atoms with van der Waals surface area (Å²) in [6.45, 7) is 1.99. The fourth-order valence-corrected chi connectivity index (χ4v) is 2.49. The van der Waals surface area contributed by atoms with Crippen LogP contribution in [0.5, 0.6) is 0 Å². The van der Waals surface area contributed by atoms with E-state index in [-0.39, 0.29) is 6.03 Å². The highest BCUT2D eigenvalue weighted by molar-refractivity contribution is 6.09. The van der Waals surface area contributed by atoms with E-state index in [1.54, 1.807) is 37.7 Å². The van der Waals surface area contributed by atoms with E-state index < -0.39 is 0 Å². The Morgan fingerprint density at radius 1 is 1.07 bits per heavy atom. The van der Waals surface area contributed by atoms with Crippen LogP contribution in [0.2, 0.25) is 0 Å². The predicted molar refractivity (Wildman–Crippen MR) is 110 cm³/mol. The number of carbonyl (C=O) groups is 1. The summed E-state index contributed by atoms with van der Waals surface area (Å²) >= 11 is 0. The molecule has 4 N–H and O–H groups in total. The molecule has 0 saturated carbocycles. The highest BCUT2D eigenvalue weighted by Gasteiger charge is 2.07. The molecule has 0 atom stereocenters. The molecule has 1 heterocycles. The van der Waals surface area contributed by atoms with Gasteiger partial charge in [0.05, 0.1) is 22.9 Å². The molecule has 0 aliphatic carbocycles. The standard InChI is InChI=1S/C20H20N6O/c1-13-3-5-15(6-4-13)24-20(27)25-16-7-8-17-18(9-16)26-19(12-23-17)14(10-21)11-22-2/h3-12H,21H2,1-2H3,(H2,24,25,27). The van der Waals surface area contributed by atoms with Crippen LogP contribution in [-0.2, 0) is 0 Å². The summed E-state index contributed by atoms with van der Waals surface area (Å²) in [7, 11) is 1.66. The first-order valence-electron chi connectivity index (χ1n) is 8.35. The number of benzene rings is 2. The van der Waals surface area contributed by atoms with Crippen molar-refractivity contribution in [2.45, 2.75) is 6.92 Å². The summed E-state index contributed by atoms with van der Waals surface area (Å²) in [4.78, 5) is 25.1. The van der Waals surface area contributed by atoms with Gasteiger partial charge in [-0.3, -0.25) is 9.98 Å². The van der Waals surface area contributed by atoms with Gasteiger partial charge in [0.2, 0.25) is 0 Å². The summed E-state index contributed by atoms with van der Waals surface area (Å²) in [6, 6.07) is 12.6. The Morgan fingerprint density at radius 2 is 1.78 bits per heavy atom. The Bertz CT molecular complexity index is 1020. The predicted octanol–water partition coefficient (Wildman–Crippen LogP) is 3.58. The van der Waals surface area contributed by atoms with Crippen LogP contribution in [0.3, 0.4) is 0 Å². The number of aromatic nitrogens is 2. The molecule has 3 aromatic rings. The van der Waals surface area contributed by atoms with Gasteiger partial charge in [-0.25, -0.2) is 9.78 Å². The van der Waals surface area contributed by atoms with Crippen molar-refractivity contribution in [1.82, 2.24) is 9.97 Å². The zero-order valence-electron chi connectivity index (χ0n) is 15.1. The second-order valence-electron chi connectivity index (χ2n) is 5.91. The lowest BCUT2D eigenvalue weighted by Gasteiger charge is -2.09. The van der Waals surface area contributed by atoms with Crippen molar-refractivity contribution in [3.63, 3.8) is 0 Å². The van der Waals surface area contributed by atoms with Crippen LogP contribution >= 0.6 is 0 Å². The second-order valence-corrected chi connectivity index (χ2v) is 5.91. The molecule has 0 aliphatic heterocycles. The van der Waals surface area contributed by atoms with Crippen LogP contribution in [0, 0.1) is 6.92 Å². The van der Waals surface area contributed by atoms with Gasteiger partial charge in [0.1, 0.15) is 0 Å². The number of rotatable bonds is 4. The van der Waals surface area contributed by atoms with Gasteiger partial charge in [0.15, 0.2) is 0 Å². The molecule has 27 heavy (non-hydrogen) atoms. The third-order valence-electron chi connectivity index (χ3n) is 3.85. The molecule has 3 rings (SSSR count). The number of nitrogens with one attached hydrogen (secondary N) is 2. The number of allylic oxidation sites excluding steroid dienone is 1. The lowest BCUT2D eigenvalue weighted by atomic mass is 10.2. The third-order valence-corrected chi connectivity index (χ3v) is 3.85. The second kappa shape index (κ2) is 8.09. The third kappa shape index (κ3) is 4.46. The first-order valence-corrected chi connectivity index (χ1v) is 8.35. The van der Waals surface area contributed by atoms with E-state index in [1.165, 1.54) is 6.20 Å². The molecule has 0 unspecified atom stereocenters. The number of carbonyl (C=O) groups excluding carboxylic acids is 1. The molecule has 7 heteroatoms. The van der Waals surface area contributed by atoms with Crippen LogP contribution in [-0.4, -0.2) is 29.3 Å². The minimum Gasteiger partial charge on any atom is -0.404 e. The Labute approximate surface area is 157 Å². The monoisotopic (exact) mass is 360 g/mol. The Morgan fingerprint density at radius 3 is 2.48 bits per heavy atom. The van der Waals surface area contributed by atoms with Gasteiger partial charge in [-0.1, -0.05) is 17.7 Å². The van der Waals surface area contributed by atoms with Crippen LogP contribution in [0.4, 0.5) is 16.2 Å². The van der Waals surface area contributed by atoms with Gasteiger partial charge in [0, 0.05) is 36.4 Å². The van der Waals surface area contributed by atoms with Gasteiger partial charge in [-0.2, -0.15) is 0 Å². The molecule has 0 spiro atoms. The van der Waals surface area contributed by atoms with Gasteiger partial charge < -0.3 is 16.4 Å². The van der Waals surface area contributed by atoms with Crippen LogP contribution < -0.4 is 16.4 Å². The van der Waals surface area contributed by atoms with Gasteiger partial charge >= 0.3 is 6.03 Å². The lowest BCUT2D eigenvalue weighted by Crippen LogP contribution is -2.19. The van der Waals surface area contributed by atoms with Crippen molar-refractivity contribution in [3.05, 3.63) is 66.1 Å². The quantitative estimate of drug-likeness (QED) is 0.618. The first-order chi connectivity index (χ1) is 13.1. The summed E-state index contributed by atoms with van der Waals surface area (Å²) in [5.74, 6) is 0. The van der Waals surface area contributed by atoms with E-state index in [0.29, 0.717) is 28.0 Å². The Hall–Kier alpha value is -3.74. The molecule has 2 aromatic carbocycles. The molecule has 0 saturated heterocycles. The average molecular weight is 360 g/mol. The number of hydrogen-bond donors (Lipinski definition) is 3. The highest BCUT2D eigenvalue weighted by Crippen LogP contribution is 2.19. The topological polar surface area (TPSA) is 105 Å². The summed E-state index contributed by atoms with van der Waals surface area (Å²) in [5, 5.41) is 5.59. The molecule has 2 amide bonds. The summed E-state index contributed by atoms with van der Waals surface area (Å²) in [5.41, 5.74) is 10.7. The first kappa shape index (κ1) is 18.1. The molecular weight excluding hydrogens is 340 g/mol. The van der Waals surface area contributed by atoms with Crippen molar-refractivity contribution in [2.24, 2.45) is 10.7 Å². The molecule has 7 nitrogen and oxygen atoms in total. The maximum Gasteiger partial charge on any atom is 0.323 e. The smallest absolute Gasteiger partial charge is 0.323 e. The maximum atomic E-state index is 12.2.